The molecule has 1 atom stereocenters. The molecule has 2 aromatic rings. The minimum atomic E-state index is -3.63. The summed E-state index contributed by atoms with van der Waals surface area (Å²) in [6.07, 6.45) is 4.12. The predicted octanol–water partition coefficient (Wildman–Crippen LogP) is 2.98. The summed E-state index contributed by atoms with van der Waals surface area (Å²) in [6, 6.07) is 18.0. The van der Waals surface area contributed by atoms with E-state index in [0.29, 0.717) is 25.9 Å². The van der Waals surface area contributed by atoms with E-state index in [0.717, 1.165) is 19.3 Å². The minimum Gasteiger partial charge on any atom is -0.355 e. The van der Waals surface area contributed by atoms with E-state index in [2.05, 4.69) is 17.4 Å². The molecule has 0 spiro atoms. The molecule has 144 valence electrons. The summed E-state index contributed by atoms with van der Waals surface area (Å²) < 4.78 is 27.0. The average Bonchev–Trinajstić information content (AvgIpc) is 3.20. The van der Waals surface area contributed by atoms with E-state index < -0.39 is 16.1 Å². The van der Waals surface area contributed by atoms with E-state index in [-0.39, 0.29) is 10.8 Å². The second-order valence-electron chi connectivity index (χ2n) is 6.82. The van der Waals surface area contributed by atoms with Crippen LogP contribution in [0.25, 0.3) is 0 Å². The maximum atomic E-state index is 12.8. The fourth-order valence-electron chi connectivity index (χ4n) is 3.45. The topological polar surface area (TPSA) is 66.5 Å². The lowest BCUT2D eigenvalue weighted by molar-refractivity contribution is -0.124. The van der Waals surface area contributed by atoms with Gasteiger partial charge < -0.3 is 5.32 Å². The Balaban J connectivity index is 1.50. The number of hydrogen-bond acceptors (Lipinski definition) is 3. The number of carbonyl (C=O) groups is 1. The van der Waals surface area contributed by atoms with E-state index in [4.69, 9.17) is 0 Å². The van der Waals surface area contributed by atoms with Gasteiger partial charge in [0.05, 0.1) is 4.90 Å². The van der Waals surface area contributed by atoms with Gasteiger partial charge in [-0.05, 0) is 49.8 Å². The lowest BCUT2D eigenvalue weighted by atomic mass is 10.1. The first-order valence-electron chi connectivity index (χ1n) is 9.47. The highest BCUT2D eigenvalue weighted by atomic mass is 32.2. The maximum absolute atomic E-state index is 12.8. The van der Waals surface area contributed by atoms with Gasteiger partial charge in [0, 0.05) is 13.1 Å². The number of rotatable bonds is 8. The van der Waals surface area contributed by atoms with Gasteiger partial charge in [0.25, 0.3) is 0 Å². The van der Waals surface area contributed by atoms with Crippen LogP contribution in [0, 0.1) is 0 Å². The van der Waals surface area contributed by atoms with Gasteiger partial charge in [0.15, 0.2) is 0 Å². The number of benzene rings is 2. The fraction of sp³-hybridized carbons (Fsp3) is 0.381. The van der Waals surface area contributed by atoms with E-state index in [1.165, 1.54) is 9.87 Å². The third-order valence-electron chi connectivity index (χ3n) is 4.89. The molecule has 0 saturated carbocycles. The lowest BCUT2D eigenvalue weighted by Crippen LogP contribution is -2.46. The Kier molecular flexibility index (Phi) is 6.63. The summed E-state index contributed by atoms with van der Waals surface area (Å²) in [4.78, 5) is 12.8. The van der Waals surface area contributed by atoms with Gasteiger partial charge in [0.2, 0.25) is 15.9 Å². The summed E-state index contributed by atoms with van der Waals surface area (Å²) >= 11 is 0. The third kappa shape index (κ3) is 4.96. The Morgan fingerprint density at radius 3 is 2.37 bits per heavy atom. The molecule has 1 saturated heterocycles. The standard InChI is InChI=1S/C21H26N2O3S/c24-21(22-16-8-7-12-18-10-3-1-4-11-18)20-15-9-17-23(20)27(25,26)19-13-5-2-6-14-19/h1-6,10-11,13-14,20H,7-9,12,15-17H2,(H,22,24)/t20-/m0/s1. The number of nitrogens with zero attached hydrogens (tertiary/aromatic N) is 1. The highest BCUT2D eigenvalue weighted by molar-refractivity contribution is 7.89. The fourth-order valence-corrected chi connectivity index (χ4v) is 5.12. The summed E-state index contributed by atoms with van der Waals surface area (Å²) in [5.74, 6) is -0.188. The van der Waals surface area contributed by atoms with Crippen molar-refractivity contribution >= 4 is 15.9 Å². The summed E-state index contributed by atoms with van der Waals surface area (Å²) in [5, 5.41) is 2.92. The van der Waals surface area contributed by atoms with Crippen molar-refractivity contribution in [1.82, 2.24) is 9.62 Å². The van der Waals surface area contributed by atoms with Crippen LogP contribution in [0.3, 0.4) is 0 Å². The first-order valence-corrected chi connectivity index (χ1v) is 10.9. The first kappa shape index (κ1) is 19.6. The van der Waals surface area contributed by atoms with Crippen molar-refractivity contribution in [2.24, 2.45) is 0 Å². The van der Waals surface area contributed by atoms with Gasteiger partial charge in [-0.2, -0.15) is 4.31 Å². The average molecular weight is 387 g/mol. The van der Waals surface area contributed by atoms with Crippen LogP contribution in [0.4, 0.5) is 0 Å². The predicted molar refractivity (Wildman–Crippen MR) is 106 cm³/mol. The van der Waals surface area contributed by atoms with Gasteiger partial charge in [-0.3, -0.25) is 4.79 Å². The SMILES string of the molecule is O=C(NCCCCc1ccccc1)[C@@H]1CCCN1S(=O)(=O)c1ccccc1. The van der Waals surface area contributed by atoms with Crippen LogP contribution in [0.1, 0.15) is 31.2 Å². The summed E-state index contributed by atoms with van der Waals surface area (Å²) in [6.45, 7) is 0.963. The van der Waals surface area contributed by atoms with Gasteiger partial charge in [-0.15, -0.1) is 0 Å². The van der Waals surface area contributed by atoms with Crippen LogP contribution >= 0.6 is 0 Å². The molecule has 2 aromatic carbocycles. The highest BCUT2D eigenvalue weighted by Gasteiger charge is 2.39. The zero-order chi connectivity index (χ0) is 19.1. The van der Waals surface area contributed by atoms with E-state index >= 15 is 0 Å². The molecular weight excluding hydrogens is 360 g/mol. The Bertz CT molecular complexity index is 838. The zero-order valence-corrected chi connectivity index (χ0v) is 16.2. The Morgan fingerprint density at radius 2 is 1.67 bits per heavy atom. The smallest absolute Gasteiger partial charge is 0.243 e. The van der Waals surface area contributed by atoms with Crippen molar-refractivity contribution in [2.75, 3.05) is 13.1 Å². The van der Waals surface area contributed by atoms with Crippen LogP contribution < -0.4 is 5.32 Å². The van der Waals surface area contributed by atoms with Gasteiger partial charge in [0.1, 0.15) is 6.04 Å². The molecule has 0 aliphatic carbocycles. The number of aryl methyl sites for hydroxylation is 1. The molecule has 1 amide bonds. The molecule has 1 aliphatic rings. The molecule has 27 heavy (non-hydrogen) atoms. The number of hydrogen-bond donors (Lipinski definition) is 1. The quantitative estimate of drug-likeness (QED) is 0.709. The first-order chi connectivity index (χ1) is 13.1. The molecule has 6 heteroatoms. The third-order valence-corrected chi connectivity index (χ3v) is 6.81. The van der Waals surface area contributed by atoms with E-state index in [1.54, 1.807) is 30.3 Å². The molecule has 1 heterocycles. The van der Waals surface area contributed by atoms with Crippen molar-refractivity contribution in [3.63, 3.8) is 0 Å². The van der Waals surface area contributed by atoms with Crippen molar-refractivity contribution in [3.8, 4) is 0 Å². The van der Waals surface area contributed by atoms with Gasteiger partial charge in [-0.25, -0.2) is 8.42 Å². The van der Waals surface area contributed by atoms with Crippen LogP contribution in [0.2, 0.25) is 0 Å². The van der Waals surface area contributed by atoms with Crippen molar-refractivity contribution in [3.05, 3.63) is 66.2 Å². The van der Waals surface area contributed by atoms with Crippen molar-refractivity contribution in [2.45, 2.75) is 43.0 Å². The number of sulfonamides is 1. The van der Waals surface area contributed by atoms with Crippen LogP contribution in [-0.4, -0.2) is 37.8 Å². The summed E-state index contributed by atoms with van der Waals surface area (Å²) in [7, 11) is -3.63. The van der Waals surface area contributed by atoms with E-state index in [1.807, 2.05) is 18.2 Å². The molecular formula is C21H26N2O3S. The number of nitrogens with one attached hydrogen (secondary N) is 1. The second-order valence-corrected chi connectivity index (χ2v) is 8.71. The Hall–Kier alpha value is -2.18. The molecule has 5 nitrogen and oxygen atoms in total. The van der Waals surface area contributed by atoms with Crippen LogP contribution in [-0.2, 0) is 21.2 Å². The van der Waals surface area contributed by atoms with Gasteiger partial charge >= 0.3 is 0 Å². The monoisotopic (exact) mass is 386 g/mol. The number of carbonyl (C=O) groups excluding carboxylic acids is 1. The molecule has 1 N–H and O–H groups in total. The largest absolute Gasteiger partial charge is 0.355 e. The lowest BCUT2D eigenvalue weighted by Gasteiger charge is -2.23. The molecule has 0 aromatic heterocycles. The second kappa shape index (κ2) is 9.15. The minimum absolute atomic E-state index is 0.188. The zero-order valence-electron chi connectivity index (χ0n) is 15.4. The van der Waals surface area contributed by atoms with Gasteiger partial charge in [-0.1, -0.05) is 48.5 Å². The van der Waals surface area contributed by atoms with Crippen LogP contribution in [0.15, 0.2) is 65.6 Å². The Labute approximate surface area is 161 Å². The molecule has 1 aliphatic heterocycles. The van der Waals surface area contributed by atoms with E-state index in [9.17, 15) is 13.2 Å². The number of unbranched alkanes of at least 4 members (excludes halogenated alkanes) is 1. The maximum Gasteiger partial charge on any atom is 0.243 e. The van der Waals surface area contributed by atoms with Crippen molar-refractivity contribution in [1.29, 1.82) is 0 Å². The Morgan fingerprint density at radius 1 is 1.00 bits per heavy atom. The summed E-state index contributed by atoms with van der Waals surface area (Å²) in [5.41, 5.74) is 1.29. The highest BCUT2D eigenvalue weighted by Crippen LogP contribution is 2.26. The molecule has 1 fully saturated rings. The molecule has 0 radical (unpaired) electrons. The van der Waals surface area contributed by atoms with Crippen LogP contribution in [0.5, 0.6) is 0 Å². The normalized spacial score (nSPS) is 17.7. The molecule has 3 rings (SSSR count). The molecule has 0 bridgehead atoms. The molecule has 0 unspecified atom stereocenters. The number of amides is 1. The van der Waals surface area contributed by atoms with Crippen molar-refractivity contribution < 1.29 is 13.2 Å².